The summed E-state index contributed by atoms with van der Waals surface area (Å²) in [7, 11) is 0. The molecule has 1 heteroatoms. The first-order valence-electron chi connectivity index (χ1n) is 5.55. The van der Waals surface area contributed by atoms with Crippen LogP contribution in [0.1, 0.15) is 37.7 Å². The smallest absolute Gasteiger partial charge is 0.0822 e. The molecule has 0 bridgehead atoms. The van der Waals surface area contributed by atoms with Crippen LogP contribution in [0.3, 0.4) is 0 Å². The van der Waals surface area contributed by atoms with Crippen LogP contribution in [0.2, 0.25) is 0 Å². The second kappa shape index (κ2) is 7.57. The van der Waals surface area contributed by atoms with Gasteiger partial charge in [0.2, 0.25) is 0 Å². The molecule has 1 aromatic carbocycles. The molecule has 0 aliphatic heterocycles. The molecule has 1 aromatic rings. The Morgan fingerprint density at radius 1 is 0.786 bits per heavy atom. The number of aryl methyl sites for hydroxylation is 1. The van der Waals surface area contributed by atoms with E-state index in [-0.39, 0.29) is 6.61 Å². The van der Waals surface area contributed by atoms with Crippen LogP contribution in [-0.2, 0) is 11.5 Å². The molecule has 0 saturated heterocycles. The number of hydrogen-bond acceptors (Lipinski definition) is 0. The summed E-state index contributed by atoms with van der Waals surface area (Å²) in [5.74, 6) is 0. The van der Waals surface area contributed by atoms with Crippen LogP contribution in [0.4, 0.5) is 0 Å². The van der Waals surface area contributed by atoms with Crippen LogP contribution in [0.25, 0.3) is 0 Å². The molecule has 1 nitrogen and oxygen atoms in total. The Bertz CT molecular complexity index is 218. The van der Waals surface area contributed by atoms with Crippen LogP contribution < -0.4 is 0 Å². The molecule has 0 aliphatic rings. The Kier molecular flexibility index (Phi) is 6.09. The maximum Gasteiger partial charge on any atom is 0.0822 e. The molecule has 0 heterocycles. The lowest BCUT2D eigenvalue weighted by Gasteiger charge is -2.00. The van der Waals surface area contributed by atoms with E-state index >= 15 is 0 Å². The van der Waals surface area contributed by atoms with Crippen LogP contribution in [0.5, 0.6) is 0 Å². The van der Waals surface area contributed by atoms with E-state index in [2.05, 4.69) is 30.3 Å². The molecule has 0 atom stereocenters. The lowest BCUT2D eigenvalue weighted by molar-refractivity contribution is 0.186. The highest BCUT2D eigenvalue weighted by molar-refractivity contribution is 5.14. The summed E-state index contributed by atoms with van der Waals surface area (Å²) >= 11 is 0. The molecule has 0 unspecified atom stereocenters. The average molecular weight is 191 g/mol. The van der Waals surface area contributed by atoms with E-state index in [1.807, 2.05) is 0 Å². The maximum atomic E-state index is 10.2. The van der Waals surface area contributed by atoms with Crippen LogP contribution in [0.15, 0.2) is 30.3 Å². The third-order valence-corrected chi connectivity index (χ3v) is 2.45. The van der Waals surface area contributed by atoms with Gasteiger partial charge < -0.3 is 0 Å². The molecule has 1 radical (unpaired) electrons. The van der Waals surface area contributed by atoms with Crippen molar-refractivity contribution in [3.63, 3.8) is 0 Å². The lowest BCUT2D eigenvalue weighted by atomic mass is 10.1. The van der Waals surface area contributed by atoms with Crippen molar-refractivity contribution < 1.29 is 5.11 Å². The van der Waals surface area contributed by atoms with Crippen LogP contribution >= 0.6 is 0 Å². The summed E-state index contributed by atoms with van der Waals surface area (Å²) in [6.45, 7) is 0.0959. The summed E-state index contributed by atoms with van der Waals surface area (Å²) in [5.41, 5.74) is 1.43. The molecule has 0 fully saturated rings. The van der Waals surface area contributed by atoms with E-state index in [1.54, 1.807) is 0 Å². The molecule has 1 rings (SSSR count). The molecule has 0 aromatic heterocycles. The molecule has 0 saturated carbocycles. The van der Waals surface area contributed by atoms with Crippen molar-refractivity contribution in [1.29, 1.82) is 0 Å². The second-order valence-electron chi connectivity index (χ2n) is 3.71. The summed E-state index contributed by atoms with van der Waals surface area (Å²) in [5, 5.41) is 10.2. The van der Waals surface area contributed by atoms with E-state index in [0.29, 0.717) is 0 Å². The molecule has 0 aliphatic carbocycles. The molecular formula is C13H19O. The van der Waals surface area contributed by atoms with Crippen molar-refractivity contribution in [3.05, 3.63) is 35.9 Å². The highest BCUT2D eigenvalue weighted by Gasteiger charge is 1.92. The summed E-state index contributed by atoms with van der Waals surface area (Å²) in [6, 6.07) is 10.6. The molecule has 77 valence electrons. The first kappa shape index (κ1) is 11.3. The first-order valence-corrected chi connectivity index (χ1v) is 5.55. The minimum Gasteiger partial charge on any atom is -0.237 e. The topological polar surface area (TPSA) is 19.9 Å². The molecule has 0 N–H and O–H groups in total. The van der Waals surface area contributed by atoms with Gasteiger partial charge in [-0.1, -0.05) is 49.6 Å². The van der Waals surface area contributed by atoms with Crippen molar-refractivity contribution in [3.8, 4) is 0 Å². The van der Waals surface area contributed by atoms with Gasteiger partial charge in [0.1, 0.15) is 0 Å². The molecule has 0 amide bonds. The fourth-order valence-corrected chi connectivity index (χ4v) is 1.61. The zero-order valence-corrected chi connectivity index (χ0v) is 8.74. The second-order valence-corrected chi connectivity index (χ2v) is 3.71. The Balaban J connectivity index is 1.99. The fraction of sp³-hybridized carbons (Fsp3) is 0.538. The van der Waals surface area contributed by atoms with E-state index in [4.69, 9.17) is 0 Å². The Morgan fingerprint density at radius 3 is 2.14 bits per heavy atom. The average Bonchev–Trinajstić information content (AvgIpc) is 2.25. The van der Waals surface area contributed by atoms with Gasteiger partial charge in [-0.05, 0) is 24.8 Å². The number of unbranched alkanes of at least 4 members (excludes halogenated alkanes) is 4. The monoisotopic (exact) mass is 191 g/mol. The van der Waals surface area contributed by atoms with Crippen molar-refractivity contribution in [1.82, 2.24) is 0 Å². The van der Waals surface area contributed by atoms with Gasteiger partial charge >= 0.3 is 0 Å². The largest absolute Gasteiger partial charge is 0.237 e. The Morgan fingerprint density at radius 2 is 1.43 bits per heavy atom. The highest BCUT2D eigenvalue weighted by atomic mass is 16.2. The zero-order chi connectivity index (χ0) is 10.1. The van der Waals surface area contributed by atoms with Crippen LogP contribution in [0, 0.1) is 0 Å². The van der Waals surface area contributed by atoms with E-state index < -0.39 is 0 Å². The molecular weight excluding hydrogens is 172 g/mol. The molecule has 0 spiro atoms. The van der Waals surface area contributed by atoms with Gasteiger partial charge in [0.25, 0.3) is 0 Å². The summed E-state index contributed by atoms with van der Waals surface area (Å²) in [4.78, 5) is 0. The standard InChI is InChI=1S/C13H19O/c14-12-8-3-1-2-5-9-13-10-6-4-7-11-13/h4,6-7,10-11H,1-3,5,8-9,12H2. The van der Waals surface area contributed by atoms with Gasteiger partial charge in [-0.3, -0.25) is 0 Å². The third kappa shape index (κ3) is 5.03. The van der Waals surface area contributed by atoms with Crippen molar-refractivity contribution in [2.45, 2.75) is 38.5 Å². The molecule has 14 heavy (non-hydrogen) atoms. The van der Waals surface area contributed by atoms with E-state index in [1.165, 1.54) is 31.2 Å². The van der Waals surface area contributed by atoms with E-state index in [0.717, 1.165) is 12.8 Å². The maximum absolute atomic E-state index is 10.2. The summed E-state index contributed by atoms with van der Waals surface area (Å²) in [6.07, 6.45) is 6.87. The van der Waals surface area contributed by atoms with Gasteiger partial charge in [0.15, 0.2) is 0 Å². The highest BCUT2D eigenvalue weighted by Crippen LogP contribution is 2.08. The Hall–Kier alpha value is -0.820. The van der Waals surface area contributed by atoms with Crippen LogP contribution in [-0.4, -0.2) is 6.61 Å². The third-order valence-electron chi connectivity index (χ3n) is 2.45. The van der Waals surface area contributed by atoms with Gasteiger partial charge in [-0.25, -0.2) is 5.11 Å². The lowest BCUT2D eigenvalue weighted by Crippen LogP contribution is -1.86. The van der Waals surface area contributed by atoms with Gasteiger partial charge in [0, 0.05) is 0 Å². The quantitative estimate of drug-likeness (QED) is 0.587. The summed E-state index contributed by atoms with van der Waals surface area (Å²) < 4.78 is 0. The number of benzene rings is 1. The SMILES string of the molecule is [O]CCCCCCCc1ccccc1. The normalized spacial score (nSPS) is 10.4. The predicted octanol–water partition coefficient (Wildman–Crippen LogP) is 3.61. The Labute approximate surface area is 86.8 Å². The predicted molar refractivity (Wildman–Crippen MR) is 58.8 cm³/mol. The number of hydrogen-bond donors (Lipinski definition) is 0. The van der Waals surface area contributed by atoms with Crippen molar-refractivity contribution in [2.75, 3.05) is 6.61 Å². The van der Waals surface area contributed by atoms with E-state index in [9.17, 15) is 5.11 Å². The van der Waals surface area contributed by atoms with Crippen molar-refractivity contribution >= 4 is 0 Å². The van der Waals surface area contributed by atoms with Gasteiger partial charge in [-0.2, -0.15) is 0 Å². The minimum absolute atomic E-state index is 0.0959. The fourth-order valence-electron chi connectivity index (χ4n) is 1.61. The van der Waals surface area contributed by atoms with Gasteiger partial charge in [0.05, 0.1) is 6.61 Å². The zero-order valence-electron chi connectivity index (χ0n) is 8.74. The van der Waals surface area contributed by atoms with Crippen molar-refractivity contribution in [2.24, 2.45) is 0 Å². The van der Waals surface area contributed by atoms with Gasteiger partial charge in [-0.15, -0.1) is 0 Å². The number of rotatable bonds is 7. The minimum atomic E-state index is 0.0959. The first-order chi connectivity index (χ1) is 6.93.